The molecular weight excluding hydrogens is 366 g/mol. The summed E-state index contributed by atoms with van der Waals surface area (Å²) in [6.45, 7) is 2.23. The molecule has 2 aromatic carbocycles. The van der Waals surface area contributed by atoms with Gasteiger partial charge in [0, 0.05) is 30.5 Å². The summed E-state index contributed by atoms with van der Waals surface area (Å²) in [6, 6.07) is 16.8. The van der Waals surface area contributed by atoms with Crippen molar-refractivity contribution >= 4 is 34.7 Å². The molecule has 3 aromatic rings. The molecule has 1 aliphatic rings. The van der Waals surface area contributed by atoms with Crippen molar-refractivity contribution in [2.75, 3.05) is 28.6 Å². The van der Waals surface area contributed by atoms with Crippen LogP contribution in [0.25, 0.3) is 0 Å². The van der Waals surface area contributed by atoms with Crippen LogP contribution in [0.5, 0.6) is 0 Å². The number of carboxylic acids is 1. The number of anilines is 5. The monoisotopic (exact) mass is 389 g/mol. The summed E-state index contributed by atoms with van der Waals surface area (Å²) in [6.07, 6.45) is 5.26. The van der Waals surface area contributed by atoms with Crippen molar-refractivity contribution in [2.45, 2.75) is 19.3 Å². The molecule has 7 nitrogen and oxygen atoms in total. The highest BCUT2D eigenvalue weighted by Crippen LogP contribution is 2.25. The zero-order chi connectivity index (χ0) is 20.1. The third-order valence-corrected chi connectivity index (χ3v) is 4.95. The van der Waals surface area contributed by atoms with Crippen LogP contribution < -0.4 is 15.5 Å². The van der Waals surface area contributed by atoms with Crippen molar-refractivity contribution in [1.29, 1.82) is 0 Å². The first-order chi connectivity index (χ1) is 14.2. The van der Waals surface area contributed by atoms with Crippen LogP contribution in [-0.2, 0) is 0 Å². The van der Waals surface area contributed by atoms with Crippen LogP contribution in [0.4, 0.5) is 28.7 Å². The van der Waals surface area contributed by atoms with Crippen molar-refractivity contribution in [3.63, 3.8) is 0 Å². The van der Waals surface area contributed by atoms with E-state index in [1.54, 1.807) is 30.3 Å². The molecule has 3 N–H and O–H groups in total. The van der Waals surface area contributed by atoms with E-state index in [1.165, 1.54) is 31.3 Å². The number of aromatic carboxylic acids is 1. The van der Waals surface area contributed by atoms with Crippen molar-refractivity contribution in [3.05, 3.63) is 66.5 Å². The van der Waals surface area contributed by atoms with Gasteiger partial charge >= 0.3 is 5.97 Å². The Balaban J connectivity index is 1.46. The molecule has 1 saturated heterocycles. The number of nitrogens with one attached hydrogen (secondary N) is 2. The molecule has 0 spiro atoms. The van der Waals surface area contributed by atoms with E-state index in [4.69, 9.17) is 0 Å². The summed E-state index contributed by atoms with van der Waals surface area (Å²) in [7, 11) is 0. The lowest BCUT2D eigenvalue weighted by atomic mass is 10.1. The predicted molar refractivity (Wildman–Crippen MR) is 115 cm³/mol. The molecule has 0 amide bonds. The zero-order valence-corrected chi connectivity index (χ0v) is 16.0. The van der Waals surface area contributed by atoms with Gasteiger partial charge in [0.05, 0.1) is 11.3 Å². The van der Waals surface area contributed by atoms with E-state index in [0.29, 0.717) is 17.3 Å². The molecule has 7 heteroatoms. The van der Waals surface area contributed by atoms with Gasteiger partial charge in [0.25, 0.3) is 0 Å². The number of nitrogens with zero attached hydrogens (tertiary/aromatic N) is 3. The van der Waals surface area contributed by atoms with E-state index in [-0.39, 0.29) is 5.56 Å². The second kappa shape index (κ2) is 8.60. The number of hydrogen-bond donors (Lipinski definition) is 3. The lowest BCUT2D eigenvalue weighted by Crippen LogP contribution is -2.29. The van der Waals surface area contributed by atoms with E-state index >= 15 is 0 Å². The van der Waals surface area contributed by atoms with Crippen molar-refractivity contribution in [1.82, 2.24) is 9.97 Å². The summed E-state index contributed by atoms with van der Waals surface area (Å²) < 4.78 is 0. The van der Waals surface area contributed by atoms with Crippen LogP contribution >= 0.6 is 0 Å². The Bertz CT molecular complexity index is 985. The fraction of sp³-hybridized carbons (Fsp3) is 0.227. The van der Waals surface area contributed by atoms with Gasteiger partial charge in [0.15, 0.2) is 0 Å². The van der Waals surface area contributed by atoms with Crippen LogP contribution in [0.15, 0.2) is 60.9 Å². The normalized spacial score (nSPS) is 13.7. The number of hydrogen-bond acceptors (Lipinski definition) is 6. The smallest absolute Gasteiger partial charge is 0.337 e. The number of piperidine rings is 1. The molecule has 1 fully saturated rings. The molecular formula is C22H23N5O2. The lowest BCUT2D eigenvalue weighted by molar-refractivity contribution is 0.0698. The summed E-state index contributed by atoms with van der Waals surface area (Å²) in [5.41, 5.74) is 2.84. The molecule has 0 saturated carbocycles. The van der Waals surface area contributed by atoms with Gasteiger partial charge in [0.2, 0.25) is 0 Å². The Morgan fingerprint density at radius 2 is 1.59 bits per heavy atom. The van der Waals surface area contributed by atoms with Crippen LogP contribution in [-0.4, -0.2) is 34.1 Å². The van der Waals surface area contributed by atoms with E-state index in [2.05, 4.69) is 37.6 Å². The molecule has 4 rings (SSSR count). The van der Waals surface area contributed by atoms with Gasteiger partial charge < -0.3 is 20.6 Å². The Hall–Kier alpha value is -3.61. The number of carboxylic acid groups (broad SMARTS) is 1. The van der Waals surface area contributed by atoms with Gasteiger partial charge in [0.1, 0.15) is 18.0 Å². The molecule has 2 heterocycles. The summed E-state index contributed by atoms with van der Waals surface area (Å²) in [5.74, 6) is 0.150. The van der Waals surface area contributed by atoms with Crippen molar-refractivity contribution in [3.8, 4) is 0 Å². The van der Waals surface area contributed by atoms with Crippen LogP contribution in [0, 0.1) is 0 Å². The quantitative estimate of drug-likeness (QED) is 0.565. The standard InChI is InChI=1S/C22H23N5O2/c28-22(29)18-6-2-3-7-19(18)26-21-14-20(23-15-24-21)25-16-8-10-17(11-9-16)27-12-4-1-5-13-27/h2-3,6-11,14-15H,1,4-5,12-13H2,(H,28,29)(H2,23,24,25,26). The maximum absolute atomic E-state index is 11.4. The molecule has 29 heavy (non-hydrogen) atoms. The van der Waals surface area contributed by atoms with Gasteiger partial charge in [-0.05, 0) is 55.7 Å². The van der Waals surface area contributed by atoms with E-state index in [1.807, 2.05) is 12.1 Å². The average Bonchev–Trinajstić information content (AvgIpc) is 2.75. The molecule has 0 bridgehead atoms. The Labute approximate surface area is 169 Å². The van der Waals surface area contributed by atoms with Gasteiger partial charge in [-0.1, -0.05) is 12.1 Å². The summed E-state index contributed by atoms with van der Waals surface area (Å²) in [4.78, 5) is 22.2. The Morgan fingerprint density at radius 3 is 2.31 bits per heavy atom. The SMILES string of the molecule is O=C(O)c1ccccc1Nc1cc(Nc2ccc(N3CCCCC3)cc2)ncn1. The highest BCUT2D eigenvalue weighted by Gasteiger charge is 2.11. The number of aromatic nitrogens is 2. The van der Waals surface area contributed by atoms with Crippen molar-refractivity contribution in [2.24, 2.45) is 0 Å². The molecule has 0 unspecified atom stereocenters. The van der Waals surface area contributed by atoms with E-state index < -0.39 is 5.97 Å². The van der Waals surface area contributed by atoms with Crippen LogP contribution in [0.3, 0.4) is 0 Å². The van der Waals surface area contributed by atoms with Crippen LogP contribution in [0.2, 0.25) is 0 Å². The van der Waals surface area contributed by atoms with Gasteiger partial charge in [-0.25, -0.2) is 14.8 Å². The molecule has 0 atom stereocenters. The maximum Gasteiger partial charge on any atom is 0.337 e. The minimum absolute atomic E-state index is 0.189. The van der Waals surface area contributed by atoms with E-state index in [0.717, 1.165) is 18.8 Å². The average molecular weight is 389 g/mol. The number of para-hydroxylation sites is 1. The highest BCUT2D eigenvalue weighted by atomic mass is 16.4. The van der Waals surface area contributed by atoms with Gasteiger partial charge in [-0.15, -0.1) is 0 Å². The van der Waals surface area contributed by atoms with E-state index in [9.17, 15) is 9.90 Å². The highest BCUT2D eigenvalue weighted by molar-refractivity contribution is 5.95. The minimum Gasteiger partial charge on any atom is -0.478 e. The van der Waals surface area contributed by atoms with Gasteiger partial charge in [-0.3, -0.25) is 0 Å². The first-order valence-electron chi connectivity index (χ1n) is 9.72. The fourth-order valence-electron chi connectivity index (χ4n) is 3.47. The molecule has 148 valence electrons. The predicted octanol–water partition coefficient (Wildman–Crippen LogP) is 4.65. The fourth-order valence-corrected chi connectivity index (χ4v) is 3.47. The second-order valence-corrected chi connectivity index (χ2v) is 6.98. The first-order valence-corrected chi connectivity index (χ1v) is 9.72. The zero-order valence-electron chi connectivity index (χ0n) is 16.0. The summed E-state index contributed by atoms with van der Waals surface area (Å²) in [5, 5.41) is 15.6. The van der Waals surface area contributed by atoms with Gasteiger partial charge in [-0.2, -0.15) is 0 Å². The summed E-state index contributed by atoms with van der Waals surface area (Å²) >= 11 is 0. The van der Waals surface area contributed by atoms with Crippen LogP contribution in [0.1, 0.15) is 29.6 Å². The lowest BCUT2D eigenvalue weighted by Gasteiger charge is -2.28. The molecule has 1 aliphatic heterocycles. The third kappa shape index (κ3) is 4.63. The largest absolute Gasteiger partial charge is 0.478 e. The molecule has 1 aromatic heterocycles. The third-order valence-electron chi connectivity index (χ3n) is 4.95. The number of carbonyl (C=O) groups is 1. The maximum atomic E-state index is 11.4. The first kappa shape index (κ1) is 18.7. The Kier molecular flexibility index (Phi) is 5.56. The molecule has 0 aliphatic carbocycles. The topological polar surface area (TPSA) is 90.4 Å². The van der Waals surface area contributed by atoms with Crippen molar-refractivity contribution < 1.29 is 9.90 Å². The molecule has 0 radical (unpaired) electrons. The number of benzene rings is 2. The Morgan fingerprint density at radius 1 is 0.897 bits per heavy atom. The second-order valence-electron chi connectivity index (χ2n) is 6.98. The minimum atomic E-state index is -0.991. The number of rotatable bonds is 6.